The summed E-state index contributed by atoms with van der Waals surface area (Å²) in [4.78, 5) is 12.4. The van der Waals surface area contributed by atoms with E-state index in [9.17, 15) is 4.79 Å². The highest BCUT2D eigenvalue weighted by Crippen LogP contribution is 2.23. The lowest BCUT2D eigenvalue weighted by Crippen LogP contribution is -2.26. The number of hydrogen-bond acceptors (Lipinski definition) is 3. The third-order valence-corrected chi connectivity index (χ3v) is 3.80. The first kappa shape index (κ1) is 16.4. The molecule has 2 aromatic carbocycles. The second kappa shape index (κ2) is 7.31. The van der Waals surface area contributed by atoms with Crippen molar-refractivity contribution in [1.29, 1.82) is 0 Å². The predicted molar refractivity (Wildman–Crippen MR) is 89.6 cm³/mol. The number of amides is 1. The van der Waals surface area contributed by atoms with Gasteiger partial charge in [0.2, 0.25) is 0 Å². The number of halogens is 1. The van der Waals surface area contributed by atoms with Crippen LogP contribution in [-0.4, -0.2) is 20.1 Å². The second-order valence-electron chi connectivity index (χ2n) is 4.85. The van der Waals surface area contributed by atoms with E-state index in [0.717, 1.165) is 10.0 Å². The van der Waals surface area contributed by atoms with Crippen molar-refractivity contribution in [2.45, 2.75) is 13.0 Å². The van der Waals surface area contributed by atoms with Gasteiger partial charge in [0.1, 0.15) is 11.5 Å². The molecule has 0 bridgehead atoms. The Morgan fingerprint density at radius 3 is 2.27 bits per heavy atom. The summed E-state index contributed by atoms with van der Waals surface area (Å²) in [7, 11) is 3.11. The van der Waals surface area contributed by atoms with E-state index in [0.29, 0.717) is 17.1 Å². The maximum Gasteiger partial charge on any atom is 0.252 e. The van der Waals surface area contributed by atoms with Gasteiger partial charge in [-0.2, -0.15) is 0 Å². The molecule has 1 atom stereocenters. The van der Waals surface area contributed by atoms with Crippen LogP contribution in [0.4, 0.5) is 0 Å². The van der Waals surface area contributed by atoms with Gasteiger partial charge in [0.25, 0.3) is 5.91 Å². The topological polar surface area (TPSA) is 47.6 Å². The SMILES string of the molecule is COc1cc(OC)cc(C(=O)NC(C)c2cccc(Br)c2)c1. The van der Waals surface area contributed by atoms with Crippen LogP contribution in [0.25, 0.3) is 0 Å². The highest BCUT2D eigenvalue weighted by atomic mass is 79.9. The Hall–Kier alpha value is -2.01. The van der Waals surface area contributed by atoms with Crippen molar-refractivity contribution in [3.05, 3.63) is 58.1 Å². The predicted octanol–water partition coefficient (Wildman–Crippen LogP) is 3.96. The van der Waals surface area contributed by atoms with E-state index in [-0.39, 0.29) is 11.9 Å². The Labute approximate surface area is 138 Å². The van der Waals surface area contributed by atoms with Crippen LogP contribution in [0.15, 0.2) is 46.9 Å². The van der Waals surface area contributed by atoms with E-state index in [2.05, 4.69) is 21.2 Å². The molecule has 2 rings (SSSR count). The molecule has 0 saturated carbocycles. The number of rotatable bonds is 5. The summed E-state index contributed by atoms with van der Waals surface area (Å²) in [6.45, 7) is 1.94. The van der Waals surface area contributed by atoms with Crippen molar-refractivity contribution in [2.24, 2.45) is 0 Å². The van der Waals surface area contributed by atoms with Crippen LogP contribution in [0.5, 0.6) is 11.5 Å². The third kappa shape index (κ3) is 4.01. The van der Waals surface area contributed by atoms with E-state index < -0.39 is 0 Å². The van der Waals surface area contributed by atoms with Gasteiger partial charge in [-0.1, -0.05) is 28.1 Å². The first-order valence-corrected chi connectivity index (χ1v) is 7.62. The van der Waals surface area contributed by atoms with E-state index in [1.807, 2.05) is 31.2 Å². The van der Waals surface area contributed by atoms with E-state index in [4.69, 9.17) is 9.47 Å². The first-order chi connectivity index (χ1) is 10.5. The molecule has 1 N–H and O–H groups in total. The number of methoxy groups -OCH3 is 2. The van der Waals surface area contributed by atoms with Crippen molar-refractivity contribution in [3.8, 4) is 11.5 Å². The fourth-order valence-electron chi connectivity index (χ4n) is 2.08. The summed E-state index contributed by atoms with van der Waals surface area (Å²) >= 11 is 3.43. The van der Waals surface area contributed by atoms with Crippen LogP contribution in [-0.2, 0) is 0 Å². The number of carbonyl (C=O) groups is 1. The van der Waals surface area contributed by atoms with Crippen LogP contribution >= 0.6 is 15.9 Å². The third-order valence-electron chi connectivity index (χ3n) is 3.31. The summed E-state index contributed by atoms with van der Waals surface area (Å²) in [5.74, 6) is 0.990. The van der Waals surface area contributed by atoms with Crippen LogP contribution < -0.4 is 14.8 Å². The molecule has 1 unspecified atom stereocenters. The molecule has 1 amide bonds. The first-order valence-electron chi connectivity index (χ1n) is 6.83. The molecular weight excluding hydrogens is 346 g/mol. The summed E-state index contributed by atoms with van der Waals surface area (Å²) in [6, 6.07) is 12.8. The van der Waals surface area contributed by atoms with E-state index in [1.165, 1.54) is 0 Å². The molecule has 4 nitrogen and oxygen atoms in total. The normalized spacial score (nSPS) is 11.6. The molecule has 0 aromatic heterocycles. The van der Waals surface area contributed by atoms with Gasteiger partial charge >= 0.3 is 0 Å². The van der Waals surface area contributed by atoms with E-state index >= 15 is 0 Å². The Kier molecular flexibility index (Phi) is 5.44. The van der Waals surface area contributed by atoms with Crippen molar-refractivity contribution >= 4 is 21.8 Å². The minimum Gasteiger partial charge on any atom is -0.497 e. The molecule has 0 spiro atoms. The average Bonchev–Trinajstić information content (AvgIpc) is 2.54. The Bertz CT molecular complexity index is 650. The maximum atomic E-state index is 12.4. The Morgan fingerprint density at radius 2 is 1.73 bits per heavy atom. The minimum atomic E-state index is -0.176. The lowest BCUT2D eigenvalue weighted by atomic mass is 10.1. The Morgan fingerprint density at radius 1 is 1.09 bits per heavy atom. The van der Waals surface area contributed by atoms with E-state index in [1.54, 1.807) is 32.4 Å². The summed E-state index contributed by atoms with van der Waals surface area (Å²) < 4.78 is 11.4. The molecular formula is C17H18BrNO3. The highest BCUT2D eigenvalue weighted by Gasteiger charge is 2.14. The molecule has 0 saturated heterocycles. The van der Waals surface area contributed by atoms with Crippen LogP contribution in [0, 0.1) is 0 Å². The number of hydrogen-bond donors (Lipinski definition) is 1. The van der Waals surface area contributed by atoms with Gasteiger partial charge in [0.15, 0.2) is 0 Å². The molecule has 0 radical (unpaired) electrons. The number of nitrogens with one attached hydrogen (secondary N) is 1. The molecule has 0 heterocycles. The maximum absolute atomic E-state index is 12.4. The molecule has 5 heteroatoms. The molecule has 0 fully saturated rings. The number of benzene rings is 2. The van der Waals surface area contributed by atoms with Crippen molar-refractivity contribution in [3.63, 3.8) is 0 Å². The lowest BCUT2D eigenvalue weighted by molar-refractivity contribution is 0.0939. The van der Waals surface area contributed by atoms with Gasteiger partial charge in [-0.25, -0.2) is 0 Å². The quantitative estimate of drug-likeness (QED) is 0.874. The molecule has 116 valence electrons. The summed E-state index contributed by atoms with van der Waals surface area (Å²) in [5.41, 5.74) is 1.52. The zero-order chi connectivity index (χ0) is 16.1. The van der Waals surface area contributed by atoms with Crippen LogP contribution in [0.3, 0.4) is 0 Å². The van der Waals surface area contributed by atoms with Crippen molar-refractivity contribution < 1.29 is 14.3 Å². The van der Waals surface area contributed by atoms with Gasteiger partial charge < -0.3 is 14.8 Å². The molecule has 0 aliphatic carbocycles. The standard InChI is InChI=1S/C17H18BrNO3/c1-11(12-5-4-6-14(18)7-12)19-17(20)13-8-15(21-2)10-16(9-13)22-3/h4-11H,1-3H3,(H,19,20). The monoisotopic (exact) mass is 363 g/mol. The van der Waals surface area contributed by atoms with Gasteiger partial charge in [-0.3, -0.25) is 4.79 Å². The highest BCUT2D eigenvalue weighted by molar-refractivity contribution is 9.10. The molecule has 2 aromatic rings. The minimum absolute atomic E-state index is 0.109. The fraction of sp³-hybridized carbons (Fsp3) is 0.235. The lowest BCUT2D eigenvalue weighted by Gasteiger charge is -2.15. The van der Waals surface area contributed by atoms with Crippen LogP contribution in [0.1, 0.15) is 28.9 Å². The summed E-state index contributed by atoms with van der Waals surface area (Å²) in [6.07, 6.45) is 0. The van der Waals surface area contributed by atoms with Gasteiger partial charge in [0, 0.05) is 16.1 Å². The van der Waals surface area contributed by atoms with Gasteiger partial charge in [-0.15, -0.1) is 0 Å². The zero-order valence-electron chi connectivity index (χ0n) is 12.7. The smallest absolute Gasteiger partial charge is 0.252 e. The zero-order valence-corrected chi connectivity index (χ0v) is 14.3. The van der Waals surface area contributed by atoms with Crippen molar-refractivity contribution in [2.75, 3.05) is 14.2 Å². The fourth-order valence-corrected chi connectivity index (χ4v) is 2.49. The molecule has 22 heavy (non-hydrogen) atoms. The van der Waals surface area contributed by atoms with Crippen molar-refractivity contribution in [1.82, 2.24) is 5.32 Å². The Balaban J connectivity index is 2.18. The van der Waals surface area contributed by atoms with Crippen LogP contribution in [0.2, 0.25) is 0 Å². The number of carbonyl (C=O) groups excluding carboxylic acids is 1. The summed E-state index contributed by atoms with van der Waals surface area (Å²) in [5, 5.41) is 2.97. The molecule has 0 aliphatic heterocycles. The number of ether oxygens (including phenoxy) is 2. The largest absolute Gasteiger partial charge is 0.497 e. The van der Waals surface area contributed by atoms with Gasteiger partial charge in [-0.05, 0) is 36.8 Å². The molecule has 0 aliphatic rings. The van der Waals surface area contributed by atoms with Gasteiger partial charge in [0.05, 0.1) is 20.3 Å². The second-order valence-corrected chi connectivity index (χ2v) is 5.77. The average molecular weight is 364 g/mol.